The van der Waals surface area contributed by atoms with Crippen LogP contribution >= 0.6 is 12.4 Å². The first kappa shape index (κ1) is 13.2. The summed E-state index contributed by atoms with van der Waals surface area (Å²) in [6, 6.07) is 6.14. The molecule has 1 unspecified atom stereocenters. The van der Waals surface area contributed by atoms with Gasteiger partial charge in [-0.15, -0.1) is 12.4 Å². The predicted octanol–water partition coefficient (Wildman–Crippen LogP) is 3.61. The van der Waals surface area contributed by atoms with Crippen LogP contribution in [-0.2, 0) is 6.42 Å². The van der Waals surface area contributed by atoms with Gasteiger partial charge in [0, 0.05) is 0 Å². The smallest absolute Gasteiger partial charge is 0.164 e. The fourth-order valence-electron chi connectivity index (χ4n) is 1.86. The number of fused-ring (bicyclic) bond motifs is 1. The summed E-state index contributed by atoms with van der Waals surface area (Å²) in [5.41, 5.74) is 1.27. The van der Waals surface area contributed by atoms with Gasteiger partial charge in [0.25, 0.3) is 0 Å². The standard InChI is InChI=1S/C13H18O2.ClH/c1-9(2)14-12-6-4-5-11-8-7-10(3)15-13(11)12;/h4-6,9-10H,7-8H2,1-3H3;1H. The Morgan fingerprint density at radius 3 is 2.81 bits per heavy atom. The van der Waals surface area contributed by atoms with E-state index in [1.54, 1.807) is 0 Å². The monoisotopic (exact) mass is 242 g/mol. The summed E-state index contributed by atoms with van der Waals surface area (Å²) >= 11 is 0. The minimum atomic E-state index is 0. The maximum atomic E-state index is 5.84. The first-order valence-corrected chi connectivity index (χ1v) is 5.62. The average Bonchev–Trinajstić information content (AvgIpc) is 2.18. The van der Waals surface area contributed by atoms with Gasteiger partial charge in [-0.05, 0) is 45.2 Å². The highest BCUT2D eigenvalue weighted by molar-refractivity contribution is 5.85. The van der Waals surface area contributed by atoms with Crippen molar-refractivity contribution < 1.29 is 9.47 Å². The molecule has 3 heteroatoms. The molecule has 0 radical (unpaired) electrons. The number of rotatable bonds is 2. The normalized spacial score (nSPS) is 18.4. The molecule has 0 spiro atoms. The third-order valence-corrected chi connectivity index (χ3v) is 2.56. The maximum absolute atomic E-state index is 5.84. The van der Waals surface area contributed by atoms with E-state index < -0.39 is 0 Å². The highest BCUT2D eigenvalue weighted by Gasteiger charge is 2.20. The third-order valence-electron chi connectivity index (χ3n) is 2.56. The van der Waals surface area contributed by atoms with Gasteiger partial charge in [-0.25, -0.2) is 0 Å². The minimum Gasteiger partial charge on any atom is -0.487 e. The van der Waals surface area contributed by atoms with E-state index in [-0.39, 0.29) is 18.5 Å². The molecule has 0 saturated heterocycles. The van der Waals surface area contributed by atoms with Gasteiger partial charge < -0.3 is 9.47 Å². The molecule has 0 amide bonds. The first-order valence-electron chi connectivity index (χ1n) is 5.62. The van der Waals surface area contributed by atoms with Crippen LogP contribution in [0.15, 0.2) is 18.2 Å². The second-order valence-corrected chi connectivity index (χ2v) is 4.38. The highest BCUT2D eigenvalue weighted by Crippen LogP contribution is 2.36. The molecule has 2 nitrogen and oxygen atoms in total. The van der Waals surface area contributed by atoms with Crippen molar-refractivity contribution in [3.63, 3.8) is 0 Å². The fourth-order valence-corrected chi connectivity index (χ4v) is 1.86. The molecule has 16 heavy (non-hydrogen) atoms. The molecular formula is C13H19ClO2. The van der Waals surface area contributed by atoms with E-state index in [1.165, 1.54) is 5.56 Å². The van der Waals surface area contributed by atoms with Gasteiger partial charge in [0.1, 0.15) is 0 Å². The Morgan fingerprint density at radius 1 is 1.38 bits per heavy atom. The summed E-state index contributed by atoms with van der Waals surface area (Å²) < 4.78 is 11.6. The topological polar surface area (TPSA) is 18.5 Å². The van der Waals surface area contributed by atoms with Crippen LogP contribution in [0.25, 0.3) is 0 Å². The quantitative estimate of drug-likeness (QED) is 0.789. The van der Waals surface area contributed by atoms with Crippen LogP contribution in [0.3, 0.4) is 0 Å². The van der Waals surface area contributed by atoms with Crippen LogP contribution in [-0.4, -0.2) is 12.2 Å². The van der Waals surface area contributed by atoms with Gasteiger partial charge in [-0.2, -0.15) is 0 Å². The van der Waals surface area contributed by atoms with E-state index in [0.29, 0.717) is 6.10 Å². The van der Waals surface area contributed by atoms with Gasteiger partial charge in [0.05, 0.1) is 12.2 Å². The van der Waals surface area contributed by atoms with Crippen LogP contribution in [0.4, 0.5) is 0 Å². The predicted molar refractivity (Wildman–Crippen MR) is 67.9 cm³/mol. The lowest BCUT2D eigenvalue weighted by Crippen LogP contribution is -2.20. The lowest BCUT2D eigenvalue weighted by Gasteiger charge is -2.25. The number of ether oxygens (including phenoxy) is 2. The summed E-state index contributed by atoms with van der Waals surface area (Å²) in [6.07, 6.45) is 2.68. The molecule has 2 rings (SSSR count). The Bertz CT molecular complexity index is 350. The molecule has 0 aromatic heterocycles. The van der Waals surface area contributed by atoms with Gasteiger partial charge in [-0.1, -0.05) is 12.1 Å². The fraction of sp³-hybridized carbons (Fsp3) is 0.538. The van der Waals surface area contributed by atoms with Crippen LogP contribution < -0.4 is 9.47 Å². The zero-order chi connectivity index (χ0) is 10.8. The Hall–Kier alpha value is -0.890. The molecule has 0 fully saturated rings. The molecule has 1 aliphatic heterocycles. The van der Waals surface area contributed by atoms with E-state index >= 15 is 0 Å². The van der Waals surface area contributed by atoms with Crippen molar-refractivity contribution in [1.29, 1.82) is 0 Å². The van der Waals surface area contributed by atoms with Crippen LogP contribution in [0, 0.1) is 0 Å². The van der Waals surface area contributed by atoms with E-state index in [1.807, 2.05) is 26.0 Å². The molecule has 0 saturated carbocycles. The van der Waals surface area contributed by atoms with Gasteiger partial charge >= 0.3 is 0 Å². The number of halogens is 1. The van der Waals surface area contributed by atoms with Crippen LogP contribution in [0.2, 0.25) is 0 Å². The number of hydrogen-bond donors (Lipinski definition) is 0. The maximum Gasteiger partial charge on any atom is 0.164 e. The summed E-state index contributed by atoms with van der Waals surface area (Å²) in [6.45, 7) is 6.17. The summed E-state index contributed by atoms with van der Waals surface area (Å²) in [4.78, 5) is 0. The molecule has 1 atom stereocenters. The first-order chi connectivity index (χ1) is 7.16. The van der Waals surface area contributed by atoms with Crippen molar-refractivity contribution in [1.82, 2.24) is 0 Å². The zero-order valence-corrected chi connectivity index (χ0v) is 10.8. The molecule has 0 aliphatic carbocycles. The van der Waals surface area contributed by atoms with Crippen molar-refractivity contribution >= 4 is 12.4 Å². The third kappa shape index (κ3) is 2.82. The highest BCUT2D eigenvalue weighted by atomic mass is 35.5. The largest absolute Gasteiger partial charge is 0.487 e. The Kier molecular flexibility index (Phi) is 4.48. The van der Waals surface area contributed by atoms with Gasteiger partial charge in [-0.3, -0.25) is 0 Å². The number of aryl methyl sites for hydroxylation is 1. The summed E-state index contributed by atoms with van der Waals surface area (Å²) in [5.74, 6) is 1.83. The van der Waals surface area contributed by atoms with Crippen molar-refractivity contribution in [2.24, 2.45) is 0 Å². The van der Waals surface area contributed by atoms with Crippen LogP contribution in [0.1, 0.15) is 32.8 Å². The molecule has 0 N–H and O–H groups in total. The van der Waals surface area contributed by atoms with Crippen molar-refractivity contribution in [3.05, 3.63) is 23.8 Å². The lowest BCUT2D eigenvalue weighted by atomic mass is 10.0. The lowest BCUT2D eigenvalue weighted by molar-refractivity contribution is 0.168. The van der Waals surface area contributed by atoms with Crippen molar-refractivity contribution in [3.8, 4) is 11.5 Å². The summed E-state index contributed by atoms with van der Waals surface area (Å²) in [7, 11) is 0. The van der Waals surface area contributed by atoms with Gasteiger partial charge in [0.15, 0.2) is 11.5 Å². The number of hydrogen-bond acceptors (Lipinski definition) is 2. The number of para-hydroxylation sites is 1. The molecule has 1 heterocycles. The Labute approximate surface area is 103 Å². The van der Waals surface area contributed by atoms with E-state index in [0.717, 1.165) is 24.3 Å². The SMILES string of the molecule is CC(C)Oc1cccc2c1OC(C)CC2.Cl. The van der Waals surface area contributed by atoms with Crippen molar-refractivity contribution in [2.75, 3.05) is 0 Å². The average molecular weight is 243 g/mol. The molecule has 0 bridgehead atoms. The number of benzene rings is 1. The van der Waals surface area contributed by atoms with E-state index in [9.17, 15) is 0 Å². The minimum absolute atomic E-state index is 0. The van der Waals surface area contributed by atoms with Crippen molar-refractivity contribution in [2.45, 2.75) is 45.8 Å². The molecule has 1 aromatic rings. The Balaban J connectivity index is 0.00000128. The molecule has 90 valence electrons. The molecular weight excluding hydrogens is 224 g/mol. The van der Waals surface area contributed by atoms with E-state index in [2.05, 4.69) is 13.0 Å². The van der Waals surface area contributed by atoms with Crippen LogP contribution in [0.5, 0.6) is 11.5 Å². The second kappa shape index (κ2) is 5.44. The second-order valence-electron chi connectivity index (χ2n) is 4.38. The molecule has 1 aromatic carbocycles. The summed E-state index contributed by atoms with van der Waals surface area (Å²) in [5, 5.41) is 0. The van der Waals surface area contributed by atoms with Gasteiger partial charge in [0.2, 0.25) is 0 Å². The Morgan fingerprint density at radius 2 is 2.12 bits per heavy atom. The zero-order valence-electron chi connectivity index (χ0n) is 10.0. The molecule has 1 aliphatic rings. The van der Waals surface area contributed by atoms with E-state index in [4.69, 9.17) is 9.47 Å².